The number of carbonyl (C=O) groups is 1. The van der Waals surface area contributed by atoms with Crippen LogP contribution in [0.15, 0.2) is 48.8 Å². The molecule has 3 rings (SSSR count). The molecule has 112 valence electrons. The molecule has 0 radical (unpaired) electrons. The number of anilines is 1. The molecule has 0 aliphatic heterocycles. The van der Waals surface area contributed by atoms with Crippen LogP contribution in [0.3, 0.4) is 0 Å². The first-order chi connectivity index (χ1) is 11.1. The van der Waals surface area contributed by atoms with Gasteiger partial charge in [-0.1, -0.05) is 12.1 Å². The van der Waals surface area contributed by atoms with E-state index in [0.717, 1.165) is 0 Å². The number of para-hydroxylation sites is 2. The lowest BCUT2D eigenvalue weighted by Gasteiger charge is -2.12. The van der Waals surface area contributed by atoms with Crippen molar-refractivity contribution in [2.75, 3.05) is 5.32 Å². The van der Waals surface area contributed by atoms with E-state index in [-0.39, 0.29) is 16.6 Å². The Morgan fingerprint density at radius 1 is 1.09 bits per heavy atom. The Labute approximate surface area is 130 Å². The third-order valence-corrected chi connectivity index (χ3v) is 3.23. The molecular weight excluding hydrogens is 298 g/mol. The highest BCUT2D eigenvalue weighted by atomic mass is 16.5. The molecule has 1 N–H and O–H groups in total. The number of benzene rings is 1. The van der Waals surface area contributed by atoms with Crippen LogP contribution >= 0.6 is 0 Å². The maximum absolute atomic E-state index is 12.4. The Hall–Kier alpha value is -3.73. The van der Waals surface area contributed by atoms with Gasteiger partial charge in [-0.3, -0.25) is 4.98 Å². The molecular formula is C15H9N5O3. The minimum absolute atomic E-state index is 0.0426. The van der Waals surface area contributed by atoms with E-state index in [1.807, 2.05) is 0 Å². The number of hydrogen-bond acceptors (Lipinski definition) is 5. The molecule has 0 aliphatic rings. The van der Waals surface area contributed by atoms with E-state index in [1.54, 1.807) is 18.2 Å². The summed E-state index contributed by atoms with van der Waals surface area (Å²) in [4.78, 5) is 16.0. The lowest BCUT2D eigenvalue weighted by atomic mass is 10.2. The van der Waals surface area contributed by atoms with Crippen LogP contribution < -0.4 is 14.8 Å². The fraction of sp³-hybridized carbons (Fsp3) is 0. The molecule has 0 unspecified atom stereocenters. The summed E-state index contributed by atoms with van der Waals surface area (Å²) in [5.41, 5.74) is -0.150. The van der Waals surface area contributed by atoms with Crippen LogP contribution in [-0.2, 0) is 0 Å². The molecule has 0 aliphatic carbocycles. The summed E-state index contributed by atoms with van der Waals surface area (Å²) in [5.74, 6) is -1.04. The number of aromatic nitrogens is 3. The lowest BCUT2D eigenvalue weighted by molar-refractivity contribution is -0.620. The zero-order valence-corrected chi connectivity index (χ0v) is 11.6. The minimum atomic E-state index is -0.621. The molecule has 0 spiro atoms. The van der Waals surface area contributed by atoms with Gasteiger partial charge in [-0.15, -0.1) is 4.73 Å². The predicted octanol–water partition coefficient (Wildman–Crippen LogP) is 0.626. The van der Waals surface area contributed by atoms with Crippen molar-refractivity contribution in [1.29, 1.82) is 5.26 Å². The van der Waals surface area contributed by atoms with Crippen LogP contribution in [0.5, 0.6) is 0 Å². The zero-order valence-electron chi connectivity index (χ0n) is 11.6. The van der Waals surface area contributed by atoms with Gasteiger partial charge in [0.2, 0.25) is 5.52 Å². The molecule has 1 aromatic carbocycles. The summed E-state index contributed by atoms with van der Waals surface area (Å²) in [5, 5.41) is 36.1. The van der Waals surface area contributed by atoms with Crippen molar-refractivity contribution < 1.29 is 14.3 Å². The quantitative estimate of drug-likeness (QED) is 0.550. The molecule has 0 fully saturated rings. The first-order valence-electron chi connectivity index (χ1n) is 6.53. The number of nitrogens with zero attached hydrogens (tertiary/aromatic N) is 4. The lowest BCUT2D eigenvalue weighted by Crippen LogP contribution is -2.44. The van der Waals surface area contributed by atoms with Crippen molar-refractivity contribution in [2.24, 2.45) is 0 Å². The number of rotatable bonds is 2. The molecule has 3 aromatic rings. The molecule has 0 bridgehead atoms. The Morgan fingerprint density at radius 2 is 1.70 bits per heavy atom. The Bertz CT molecular complexity index is 951. The number of carbonyl (C=O) groups excluding carboxylic acids is 1. The Balaban J connectivity index is 2.16. The van der Waals surface area contributed by atoms with Crippen molar-refractivity contribution in [1.82, 2.24) is 4.98 Å². The summed E-state index contributed by atoms with van der Waals surface area (Å²) in [7, 11) is 0. The summed E-state index contributed by atoms with van der Waals surface area (Å²) < 4.78 is 0.688. The van der Waals surface area contributed by atoms with Crippen molar-refractivity contribution >= 4 is 22.8 Å². The van der Waals surface area contributed by atoms with Crippen LogP contribution in [0.4, 0.5) is 5.82 Å². The summed E-state index contributed by atoms with van der Waals surface area (Å²) in [6.07, 6.45) is 2.83. The highest BCUT2D eigenvalue weighted by molar-refractivity contribution is 6.03. The molecule has 0 atom stereocenters. The van der Waals surface area contributed by atoms with Crippen LogP contribution in [0.1, 0.15) is 16.1 Å². The number of fused-ring (bicyclic) bond motifs is 1. The summed E-state index contributed by atoms with van der Waals surface area (Å²) in [6.45, 7) is 0. The van der Waals surface area contributed by atoms with Crippen molar-refractivity contribution in [2.45, 2.75) is 0 Å². The fourth-order valence-electron chi connectivity index (χ4n) is 2.13. The number of pyridine rings is 1. The van der Waals surface area contributed by atoms with Crippen LogP contribution in [-0.4, -0.2) is 10.9 Å². The van der Waals surface area contributed by atoms with E-state index < -0.39 is 17.4 Å². The van der Waals surface area contributed by atoms with Crippen LogP contribution in [0.2, 0.25) is 0 Å². The summed E-state index contributed by atoms with van der Waals surface area (Å²) in [6, 6.07) is 10.6. The van der Waals surface area contributed by atoms with Gasteiger partial charge in [0.05, 0.1) is 5.56 Å². The van der Waals surface area contributed by atoms with Crippen molar-refractivity contribution in [3.05, 3.63) is 70.5 Å². The van der Waals surface area contributed by atoms with Crippen molar-refractivity contribution in [3.63, 3.8) is 0 Å². The normalized spacial score (nSPS) is 10.2. The van der Waals surface area contributed by atoms with Gasteiger partial charge in [0.1, 0.15) is 0 Å². The topological polar surface area (TPSA) is 120 Å². The van der Waals surface area contributed by atoms with Crippen LogP contribution in [0, 0.1) is 21.7 Å². The summed E-state index contributed by atoms with van der Waals surface area (Å²) >= 11 is 0. The van der Waals surface area contributed by atoms with E-state index in [9.17, 15) is 20.5 Å². The standard InChI is InChI=1S/C15H9N5O3/c16-9-13-14(18-15(21)10-5-7-17-8-6-10)20(23)12-4-2-1-3-11(12)19(13)22/h1-8H,(H,18,21). The van der Waals surface area contributed by atoms with E-state index in [1.165, 1.54) is 36.7 Å². The van der Waals surface area contributed by atoms with E-state index in [4.69, 9.17) is 0 Å². The molecule has 23 heavy (non-hydrogen) atoms. The molecule has 2 aromatic heterocycles. The Kier molecular flexibility index (Phi) is 3.44. The molecule has 0 saturated carbocycles. The van der Waals surface area contributed by atoms with Gasteiger partial charge in [0.25, 0.3) is 5.52 Å². The molecule has 8 nitrogen and oxygen atoms in total. The molecule has 1 amide bonds. The fourth-order valence-corrected chi connectivity index (χ4v) is 2.13. The largest absolute Gasteiger partial charge is 0.710 e. The van der Waals surface area contributed by atoms with Crippen molar-refractivity contribution in [3.8, 4) is 6.07 Å². The van der Waals surface area contributed by atoms with E-state index in [2.05, 4.69) is 10.3 Å². The third-order valence-electron chi connectivity index (χ3n) is 3.23. The molecule has 2 heterocycles. The monoisotopic (exact) mass is 307 g/mol. The highest BCUT2D eigenvalue weighted by Gasteiger charge is 2.29. The number of amides is 1. The maximum atomic E-state index is 12.4. The van der Waals surface area contributed by atoms with Gasteiger partial charge in [0, 0.05) is 18.5 Å². The number of nitrogens with one attached hydrogen (secondary N) is 1. The van der Waals surface area contributed by atoms with Gasteiger partial charge in [-0.25, -0.2) is 9.52 Å². The zero-order chi connectivity index (χ0) is 16.4. The molecule has 0 saturated heterocycles. The average molecular weight is 307 g/mol. The SMILES string of the molecule is N#Cc1c(NC(=O)c2ccncc2)[n+]([O-])c2ccccc2[n+]1[O-]. The maximum Gasteiger partial charge on any atom is 0.386 e. The highest BCUT2D eigenvalue weighted by Crippen LogP contribution is 2.13. The van der Waals surface area contributed by atoms with Gasteiger partial charge in [-0.05, 0) is 18.2 Å². The second-order valence-corrected chi connectivity index (χ2v) is 4.58. The molecule has 8 heteroatoms. The second kappa shape index (κ2) is 5.57. The Morgan fingerprint density at radius 3 is 2.30 bits per heavy atom. The van der Waals surface area contributed by atoms with Crippen LogP contribution in [0.25, 0.3) is 11.0 Å². The predicted molar refractivity (Wildman–Crippen MR) is 78.8 cm³/mol. The van der Waals surface area contributed by atoms with E-state index >= 15 is 0 Å². The van der Waals surface area contributed by atoms with Gasteiger partial charge in [0.15, 0.2) is 6.07 Å². The number of hydrogen-bond donors (Lipinski definition) is 1. The third kappa shape index (κ3) is 2.36. The number of nitriles is 1. The first-order valence-corrected chi connectivity index (χ1v) is 6.53. The van der Waals surface area contributed by atoms with Gasteiger partial charge in [-0.2, -0.15) is 10.6 Å². The average Bonchev–Trinajstić information content (AvgIpc) is 2.60. The van der Waals surface area contributed by atoms with Gasteiger partial charge >= 0.3 is 17.4 Å². The minimum Gasteiger partial charge on any atom is -0.710 e. The van der Waals surface area contributed by atoms with Gasteiger partial charge < -0.3 is 10.4 Å². The smallest absolute Gasteiger partial charge is 0.386 e. The first kappa shape index (κ1) is 14.2. The second-order valence-electron chi connectivity index (χ2n) is 4.58. The van der Waals surface area contributed by atoms with E-state index in [0.29, 0.717) is 9.46 Å².